The van der Waals surface area contributed by atoms with E-state index in [0.29, 0.717) is 31.6 Å². The molecule has 0 aliphatic carbocycles. The lowest BCUT2D eigenvalue weighted by Gasteiger charge is -2.08. The van der Waals surface area contributed by atoms with Crippen molar-refractivity contribution in [2.75, 3.05) is 5.88 Å². The fourth-order valence-corrected chi connectivity index (χ4v) is 1.67. The third-order valence-electron chi connectivity index (χ3n) is 2.39. The largest absolute Gasteiger partial charge is 0.303 e. The molecule has 1 unspecified atom stereocenters. The first-order chi connectivity index (χ1) is 7.74. The lowest BCUT2D eigenvalue weighted by Crippen LogP contribution is -2.10. The van der Waals surface area contributed by atoms with E-state index >= 15 is 0 Å². The van der Waals surface area contributed by atoms with Crippen LogP contribution in [0.3, 0.4) is 0 Å². The molecular weight excluding hydrogens is 226 g/mol. The SMILES string of the molecule is N#CCCCC(=O)CC(C=O)CCCCCl. The van der Waals surface area contributed by atoms with E-state index in [4.69, 9.17) is 16.9 Å². The maximum atomic E-state index is 11.4. The van der Waals surface area contributed by atoms with Crippen molar-refractivity contribution in [2.45, 2.75) is 44.9 Å². The smallest absolute Gasteiger partial charge is 0.133 e. The Bertz CT molecular complexity index is 248. The molecule has 0 N–H and O–H groups in total. The molecule has 16 heavy (non-hydrogen) atoms. The van der Waals surface area contributed by atoms with Crippen LogP contribution in [0, 0.1) is 17.2 Å². The number of carbonyl (C=O) groups excluding carboxylic acids is 2. The molecule has 0 heterocycles. The summed E-state index contributed by atoms with van der Waals surface area (Å²) in [6.07, 6.45) is 5.10. The predicted molar refractivity (Wildman–Crippen MR) is 63.2 cm³/mol. The summed E-state index contributed by atoms with van der Waals surface area (Å²) in [5.41, 5.74) is 0. The fraction of sp³-hybridized carbons (Fsp3) is 0.750. The van der Waals surface area contributed by atoms with Crippen molar-refractivity contribution in [3.63, 3.8) is 0 Å². The number of unbranched alkanes of at least 4 members (excludes halogenated alkanes) is 2. The summed E-state index contributed by atoms with van der Waals surface area (Å²) in [6.45, 7) is 0. The van der Waals surface area contributed by atoms with E-state index < -0.39 is 0 Å². The van der Waals surface area contributed by atoms with E-state index in [1.54, 1.807) is 0 Å². The van der Waals surface area contributed by atoms with Crippen LogP contribution in [0.25, 0.3) is 0 Å². The van der Waals surface area contributed by atoms with Crippen LogP contribution in [0.2, 0.25) is 0 Å². The molecule has 4 heteroatoms. The van der Waals surface area contributed by atoms with Gasteiger partial charge in [-0.2, -0.15) is 5.26 Å². The van der Waals surface area contributed by atoms with Crippen molar-refractivity contribution in [2.24, 2.45) is 5.92 Å². The topological polar surface area (TPSA) is 57.9 Å². The van der Waals surface area contributed by atoms with Gasteiger partial charge in [0.05, 0.1) is 6.07 Å². The molecule has 0 rings (SSSR count). The number of Topliss-reactive ketones (excluding diaryl/α,β-unsaturated/α-hetero) is 1. The monoisotopic (exact) mass is 243 g/mol. The van der Waals surface area contributed by atoms with Crippen molar-refractivity contribution in [3.8, 4) is 6.07 Å². The predicted octanol–water partition coefficient (Wildman–Crippen LogP) is 2.86. The lowest BCUT2D eigenvalue weighted by molar-refractivity contribution is -0.123. The molecule has 0 saturated heterocycles. The number of nitriles is 1. The molecule has 0 radical (unpaired) electrons. The molecule has 3 nitrogen and oxygen atoms in total. The summed E-state index contributed by atoms with van der Waals surface area (Å²) in [6, 6.07) is 2.00. The van der Waals surface area contributed by atoms with Gasteiger partial charge >= 0.3 is 0 Å². The van der Waals surface area contributed by atoms with Gasteiger partial charge in [0.15, 0.2) is 0 Å². The summed E-state index contributed by atoms with van der Waals surface area (Å²) < 4.78 is 0. The Labute approximate surface area is 102 Å². The summed E-state index contributed by atoms with van der Waals surface area (Å²) in [7, 11) is 0. The highest BCUT2D eigenvalue weighted by Crippen LogP contribution is 2.13. The fourth-order valence-electron chi connectivity index (χ4n) is 1.48. The van der Waals surface area contributed by atoms with Gasteiger partial charge in [-0.3, -0.25) is 4.79 Å². The maximum Gasteiger partial charge on any atom is 0.133 e. The number of carbonyl (C=O) groups is 2. The molecule has 0 aliphatic heterocycles. The molecule has 0 fully saturated rings. The van der Waals surface area contributed by atoms with Crippen LogP contribution in [-0.2, 0) is 9.59 Å². The maximum absolute atomic E-state index is 11.4. The van der Waals surface area contributed by atoms with Gasteiger partial charge in [0.25, 0.3) is 0 Å². The molecule has 0 aromatic rings. The van der Waals surface area contributed by atoms with Crippen LogP contribution in [0.4, 0.5) is 0 Å². The minimum atomic E-state index is -0.169. The van der Waals surface area contributed by atoms with Crippen LogP contribution >= 0.6 is 11.6 Å². The zero-order valence-corrected chi connectivity index (χ0v) is 10.2. The number of hydrogen-bond acceptors (Lipinski definition) is 3. The van der Waals surface area contributed by atoms with Gasteiger partial charge in [-0.05, 0) is 19.3 Å². The molecule has 90 valence electrons. The van der Waals surface area contributed by atoms with Gasteiger partial charge in [0, 0.05) is 31.1 Å². The van der Waals surface area contributed by atoms with Crippen LogP contribution < -0.4 is 0 Å². The second-order valence-corrected chi connectivity index (χ2v) is 4.21. The first kappa shape index (κ1) is 15.1. The third-order valence-corrected chi connectivity index (χ3v) is 2.65. The minimum Gasteiger partial charge on any atom is -0.303 e. The molecule has 1 atom stereocenters. The van der Waals surface area contributed by atoms with Crippen LogP contribution in [-0.4, -0.2) is 17.9 Å². The first-order valence-corrected chi connectivity index (χ1v) is 6.18. The molecule has 0 bridgehead atoms. The molecular formula is C12H18ClNO2. The van der Waals surface area contributed by atoms with Crippen molar-refractivity contribution in [1.29, 1.82) is 5.26 Å². The zero-order valence-electron chi connectivity index (χ0n) is 9.45. The standard InChI is InChI=1S/C12H18ClNO2/c13-7-3-1-5-11(10-15)9-12(16)6-2-4-8-14/h10-11H,1-7,9H2. The Kier molecular flexibility index (Phi) is 10.0. The Morgan fingerprint density at radius 1 is 1.38 bits per heavy atom. The zero-order chi connectivity index (χ0) is 12.2. The number of alkyl halides is 1. The Morgan fingerprint density at radius 2 is 2.12 bits per heavy atom. The number of aldehydes is 1. The Balaban J connectivity index is 3.70. The van der Waals surface area contributed by atoms with Crippen LogP contribution in [0.5, 0.6) is 0 Å². The number of ketones is 1. The number of rotatable bonds is 10. The van der Waals surface area contributed by atoms with Gasteiger partial charge in [0.1, 0.15) is 12.1 Å². The van der Waals surface area contributed by atoms with E-state index in [1.165, 1.54) is 0 Å². The molecule has 0 saturated carbocycles. The minimum absolute atomic E-state index is 0.0817. The van der Waals surface area contributed by atoms with Crippen molar-refractivity contribution < 1.29 is 9.59 Å². The van der Waals surface area contributed by atoms with Gasteiger partial charge in [0.2, 0.25) is 0 Å². The number of nitrogens with zero attached hydrogens (tertiary/aromatic N) is 1. The van der Waals surface area contributed by atoms with Crippen molar-refractivity contribution in [1.82, 2.24) is 0 Å². The molecule has 0 spiro atoms. The average molecular weight is 244 g/mol. The highest BCUT2D eigenvalue weighted by atomic mass is 35.5. The number of halogens is 1. The summed E-state index contributed by atoms with van der Waals surface area (Å²) in [5.74, 6) is 0.512. The molecule has 0 amide bonds. The van der Waals surface area contributed by atoms with Gasteiger partial charge in [-0.25, -0.2) is 0 Å². The normalized spacial score (nSPS) is 11.8. The van der Waals surface area contributed by atoms with E-state index in [0.717, 1.165) is 25.5 Å². The van der Waals surface area contributed by atoms with E-state index in [1.807, 2.05) is 6.07 Å². The summed E-state index contributed by atoms with van der Waals surface area (Å²) >= 11 is 5.53. The first-order valence-electron chi connectivity index (χ1n) is 5.64. The van der Waals surface area contributed by atoms with Crippen LogP contribution in [0.1, 0.15) is 44.9 Å². The second-order valence-electron chi connectivity index (χ2n) is 3.84. The van der Waals surface area contributed by atoms with Gasteiger partial charge in [-0.15, -0.1) is 11.6 Å². The molecule has 0 aromatic heterocycles. The molecule has 0 aromatic carbocycles. The summed E-state index contributed by atoms with van der Waals surface area (Å²) in [4.78, 5) is 22.2. The second kappa shape index (κ2) is 10.6. The highest BCUT2D eigenvalue weighted by molar-refractivity contribution is 6.17. The Hall–Kier alpha value is -0.880. The van der Waals surface area contributed by atoms with E-state index in [2.05, 4.69) is 0 Å². The highest BCUT2D eigenvalue weighted by Gasteiger charge is 2.12. The van der Waals surface area contributed by atoms with E-state index in [9.17, 15) is 9.59 Å². The quantitative estimate of drug-likeness (QED) is 0.337. The van der Waals surface area contributed by atoms with E-state index in [-0.39, 0.29) is 11.7 Å². The number of hydrogen-bond donors (Lipinski definition) is 0. The van der Waals surface area contributed by atoms with Crippen LogP contribution in [0.15, 0.2) is 0 Å². The van der Waals surface area contributed by atoms with Crippen molar-refractivity contribution >= 4 is 23.7 Å². The summed E-state index contributed by atoms with van der Waals surface area (Å²) in [5, 5.41) is 8.32. The van der Waals surface area contributed by atoms with Gasteiger partial charge in [-0.1, -0.05) is 6.42 Å². The average Bonchev–Trinajstić information content (AvgIpc) is 2.28. The third kappa shape index (κ3) is 8.43. The lowest BCUT2D eigenvalue weighted by atomic mass is 9.96. The Morgan fingerprint density at radius 3 is 2.69 bits per heavy atom. The van der Waals surface area contributed by atoms with Gasteiger partial charge < -0.3 is 4.79 Å². The van der Waals surface area contributed by atoms with Crippen molar-refractivity contribution in [3.05, 3.63) is 0 Å². The molecule has 0 aliphatic rings.